The summed E-state index contributed by atoms with van der Waals surface area (Å²) in [6.07, 6.45) is 12.2. The van der Waals surface area contributed by atoms with Crippen molar-refractivity contribution in [1.29, 1.82) is 0 Å². The van der Waals surface area contributed by atoms with Crippen LogP contribution >= 0.6 is 0 Å². The maximum atomic E-state index is 11.2. The van der Waals surface area contributed by atoms with Gasteiger partial charge in [-0.15, -0.1) is 0 Å². The number of nitrogens with two attached hydrogens (primary N) is 1. The van der Waals surface area contributed by atoms with E-state index in [4.69, 9.17) is 15.8 Å². The SMILES string of the molecule is CC(C)(N)CO.Cc1ncc([C@@H](CCCCCCc2ccc3c(n2)NCCC3)CC(=O)O)cn1. The molecule has 1 aliphatic heterocycles. The van der Waals surface area contributed by atoms with Gasteiger partial charge in [-0.2, -0.15) is 0 Å². The van der Waals surface area contributed by atoms with Gasteiger partial charge in [-0.3, -0.25) is 4.79 Å². The molecule has 0 bridgehead atoms. The van der Waals surface area contributed by atoms with Crippen molar-refractivity contribution in [2.75, 3.05) is 18.5 Å². The Hall–Kier alpha value is -2.58. The summed E-state index contributed by atoms with van der Waals surface area (Å²) < 4.78 is 0. The van der Waals surface area contributed by atoms with E-state index < -0.39 is 11.5 Å². The smallest absolute Gasteiger partial charge is 0.303 e. The first-order valence-corrected chi connectivity index (χ1v) is 12.3. The molecule has 0 fully saturated rings. The number of pyridine rings is 1. The first kappa shape index (κ1) is 27.7. The molecule has 1 atom stereocenters. The number of anilines is 1. The zero-order valence-corrected chi connectivity index (χ0v) is 20.9. The van der Waals surface area contributed by atoms with Crippen molar-refractivity contribution in [3.63, 3.8) is 0 Å². The summed E-state index contributed by atoms with van der Waals surface area (Å²) in [6, 6.07) is 4.37. The van der Waals surface area contributed by atoms with Crippen molar-refractivity contribution >= 4 is 11.8 Å². The molecule has 2 aromatic rings. The number of aliphatic hydroxyl groups excluding tert-OH is 1. The zero-order valence-electron chi connectivity index (χ0n) is 20.9. The summed E-state index contributed by atoms with van der Waals surface area (Å²) in [6.45, 7) is 6.45. The number of hydrogen-bond donors (Lipinski definition) is 4. The van der Waals surface area contributed by atoms with Crippen molar-refractivity contribution in [2.24, 2.45) is 5.73 Å². The molecule has 5 N–H and O–H groups in total. The van der Waals surface area contributed by atoms with Crippen LogP contribution in [-0.2, 0) is 17.6 Å². The summed E-state index contributed by atoms with van der Waals surface area (Å²) in [5.74, 6) is 1.01. The van der Waals surface area contributed by atoms with E-state index in [0.717, 1.165) is 68.6 Å². The molecule has 3 rings (SSSR count). The van der Waals surface area contributed by atoms with Crippen LogP contribution in [-0.4, -0.2) is 49.8 Å². The van der Waals surface area contributed by atoms with Crippen LogP contribution in [0.15, 0.2) is 24.5 Å². The third kappa shape index (κ3) is 10.6. The van der Waals surface area contributed by atoms with Crippen LogP contribution < -0.4 is 11.1 Å². The number of aryl methyl sites for hydroxylation is 3. The number of unbranched alkanes of at least 4 members (excludes halogenated alkanes) is 3. The highest BCUT2D eigenvalue weighted by atomic mass is 16.4. The second kappa shape index (κ2) is 14.0. The number of carbonyl (C=O) groups is 1. The van der Waals surface area contributed by atoms with Gasteiger partial charge >= 0.3 is 5.97 Å². The summed E-state index contributed by atoms with van der Waals surface area (Å²) in [5.41, 5.74) is 8.31. The standard InChI is InChI=1S/C22H30N4O2.C4H11NO/c1-16-24-14-19(15-25-16)18(13-21(27)28)7-4-2-3-5-9-20-11-10-17-8-6-12-23-22(17)26-20;1-4(2,5)3-6/h10-11,14-15,18H,2-9,12-13H2,1H3,(H,23,26)(H,27,28);6H,3,5H2,1-2H3/t18-;/m0./s1. The Bertz CT molecular complexity index is 881. The highest BCUT2D eigenvalue weighted by molar-refractivity contribution is 5.68. The van der Waals surface area contributed by atoms with Gasteiger partial charge in [-0.25, -0.2) is 15.0 Å². The average Bonchev–Trinajstić information content (AvgIpc) is 2.80. The molecular formula is C26H41N5O3. The van der Waals surface area contributed by atoms with E-state index in [2.05, 4.69) is 27.4 Å². The topological polar surface area (TPSA) is 134 Å². The van der Waals surface area contributed by atoms with E-state index in [9.17, 15) is 9.90 Å². The van der Waals surface area contributed by atoms with Crippen molar-refractivity contribution in [3.05, 3.63) is 47.2 Å². The predicted molar refractivity (Wildman–Crippen MR) is 135 cm³/mol. The Morgan fingerprint density at radius 3 is 2.50 bits per heavy atom. The fraction of sp³-hybridized carbons (Fsp3) is 0.615. The maximum Gasteiger partial charge on any atom is 0.303 e. The van der Waals surface area contributed by atoms with Crippen molar-refractivity contribution in [1.82, 2.24) is 15.0 Å². The van der Waals surface area contributed by atoms with Gasteiger partial charge in [0.15, 0.2) is 0 Å². The van der Waals surface area contributed by atoms with Gasteiger partial charge in [0.1, 0.15) is 11.6 Å². The average molecular weight is 472 g/mol. The van der Waals surface area contributed by atoms with Crippen LogP contribution in [0.2, 0.25) is 0 Å². The summed E-state index contributed by atoms with van der Waals surface area (Å²) >= 11 is 0. The Kier molecular flexibility index (Phi) is 11.4. The lowest BCUT2D eigenvalue weighted by atomic mass is 9.92. The Labute approximate surface area is 203 Å². The van der Waals surface area contributed by atoms with Gasteiger partial charge in [-0.05, 0) is 76.0 Å². The molecule has 8 nitrogen and oxygen atoms in total. The van der Waals surface area contributed by atoms with Crippen LogP contribution in [0.1, 0.15) is 87.4 Å². The maximum absolute atomic E-state index is 11.2. The number of hydrogen-bond acceptors (Lipinski definition) is 7. The number of carboxylic acids is 1. The minimum Gasteiger partial charge on any atom is -0.481 e. The van der Waals surface area contributed by atoms with Crippen LogP contribution in [0.25, 0.3) is 0 Å². The lowest BCUT2D eigenvalue weighted by Gasteiger charge is -2.17. The summed E-state index contributed by atoms with van der Waals surface area (Å²) in [5, 5.41) is 20.9. The second-order valence-corrected chi connectivity index (χ2v) is 9.80. The number of aliphatic hydroxyl groups is 1. The molecule has 0 aliphatic carbocycles. The van der Waals surface area contributed by atoms with Crippen LogP contribution in [0, 0.1) is 6.92 Å². The minimum atomic E-state index is -0.766. The highest BCUT2D eigenvalue weighted by Gasteiger charge is 2.16. The highest BCUT2D eigenvalue weighted by Crippen LogP contribution is 2.26. The predicted octanol–water partition coefficient (Wildman–Crippen LogP) is 4.01. The van der Waals surface area contributed by atoms with Gasteiger partial charge in [0.05, 0.1) is 13.0 Å². The van der Waals surface area contributed by atoms with Gasteiger partial charge in [0, 0.05) is 30.2 Å². The number of rotatable bonds is 11. The van der Waals surface area contributed by atoms with Crippen LogP contribution in [0.5, 0.6) is 0 Å². The molecule has 0 saturated heterocycles. The molecule has 0 aromatic carbocycles. The molecule has 0 amide bonds. The molecule has 0 saturated carbocycles. The Morgan fingerprint density at radius 2 is 1.85 bits per heavy atom. The third-order valence-electron chi connectivity index (χ3n) is 5.79. The summed E-state index contributed by atoms with van der Waals surface area (Å²) in [7, 11) is 0. The summed E-state index contributed by atoms with van der Waals surface area (Å²) in [4.78, 5) is 24.4. The monoisotopic (exact) mass is 471 g/mol. The van der Waals surface area contributed by atoms with Gasteiger partial charge < -0.3 is 21.3 Å². The van der Waals surface area contributed by atoms with E-state index in [1.165, 1.54) is 12.0 Å². The van der Waals surface area contributed by atoms with Crippen LogP contribution in [0.3, 0.4) is 0 Å². The quantitative estimate of drug-likeness (QED) is 0.361. The molecule has 188 valence electrons. The zero-order chi connectivity index (χ0) is 25.0. The number of nitrogens with zero attached hydrogens (tertiary/aromatic N) is 3. The third-order valence-corrected chi connectivity index (χ3v) is 5.79. The molecule has 8 heteroatoms. The van der Waals surface area contributed by atoms with E-state index >= 15 is 0 Å². The lowest BCUT2D eigenvalue weighted by molar-refractivity contribution is -0.137. The lowest BCUT2D eigenvalue weighted by Crippen LogP contribution is -2.35. The van der Waals surface area contributed by atoms with Gasteiger partial charge in [0.25, 0.3) is 0 Å². The molecule has 34 heavy (non-hydrogen) atoms. The molecule has 2 aromatic heterocycles. The molecule has 0 spiro atoms. The van der Waals surface area contributed by atoms with Crippen LogP contribution in [0.4, 0.5) is 5.82 Å². The number of aromatic nitrogens is 3. The van der Waals surface area contributed by atoms with E-state index in [1.54, 1.807) is 26.2 Å². The normalized spacial score (nSPS) is 13.8. The number of fused-ring (bicyclic) bond motifs is 1. The molecule has 0 unspecified atom stereocenters. The number of nitrogens with one attached hydrogen (secondary N) is 1. The number of aliphatic carboxylic acids is 1. The Morgan fingerprint density at radius 1 is 1.18 bits per heavy atom. The van der Waals surface area contributed by atoms with Crippen molar-refractivity contribution < 1.29 is 15.0 Å². The van der Waals surface area contributed by atoms with Crippen molar-refractivity contribution in [3.8, 4) is 0 Å². The van der Waals surface area contributed by atoms with Gasteiger partial charge in [0.2, 0.25) is 0 Å². The molecule has 0 radical (unpaired) electrons. The fourth-order valence-electron chi connectivity index (χ4n) is 3.77. The van der Waals surface area contributed by atoms with E-state index in [-0.39, 0.29) is 18.9 Å². The first-order valence-electron chi connectivity index (χ1n) is 12.3. The first-order chi connectivity index (χ1) is 16.2. The molecular weight excluding hydrogens is 430 g/mol. The number of carboxylic acid groups (broad SMARTS) is 1. The Balaban J connectivity index is 0.000000604. The van der Waals surface area contributed by atoms with E-state index in [0.29, 0.717) is 5.82 Å². The fourth-order valence-corrected chi connectivity index (χ4v) is 3.77. The second-order valence-electron chi connectivity index (χ2n) is 9.80. The largest absolute Gasteiger partial charge is 0.481 e. The molecule has 1 aliphatic rings. The van der Waals surface area contributed by atoms with E-state index in [1.807, 2.05) is 6.92 Å². The van der Waals surface area contributed by atoms with Gasteiger partial charge in [-0.1, -0.05) is 25.3 Å². The minimum absolute atomic E-state index is 0.00788. The molecule has 3 heterocycles. The van der Waals surface area contributed by atoms with Crippen molar-refractivity contribution in [2.45, 2.75) is 90.0 Å².